The molecule has 0 saturated carbocycles. The summed E-state index contributed by atoms with van der Waals surface area (Å²) in [5.74, 6) is -0.571. The summed E-state index contributed by atoms with van der Waals surface area (Å²) in [7, 11) is 0. The van der Waals surface area contributed by atoms with Gasteiger partial charge in [-0.3, -0.25) is 9.59 Å². The third-order valence-electron chi connectivity index (χ3n) is 5.39. The number of ether oxygens (including phenoxy) is 2. The summed E-state index contributed by atoms with van der Waals surface area (Å²) in [4.78, 5) is 22.4. The summed E-state index contributed by atoms with van der Waals surface area (Å²) < 4.78 is 10.6. The Morgan fingerprint density at radius 2 is 1.44 bits per heavy atom. The van der Waals surface area contributed by atoms with Crippen molar-refractivity contribution in [2.24, 2.45) is 0 Å². The first-order valence-corrected chi connectivity index (χ1v) is 11.1. The van der Waals surface area contributed by atoms with Crippen molar-refractivity contribution in [1.29, 1.82) is 0 Å². The minimum absolute atomic E-state index is 0.0975. The Balaban J connectivity index is 2.16. The van der Waals surface area contributed by atoms with Crippen molar-refractivity contribution in [3.05, 3.63) is 0 Å². The molecular formula is C22H41NO4. The van der Waals surface area contributed by atoms with Gasteiger partial charge in [0, 0.05) is 19.9 Å². The highest BCUT2D eigenvalue weighted by Gasteiger charge is 2.32. The molecule has 0 amide bonds. The Morgan fingerprint density at radius 1 is 0.852 bits per heavy atom. The van der Waals surface area contributed by atoms with E-state index in [-0.39, 0.29) is 30.7 Å². The highest BCUT2D eigenvalue weighted by Crippen LogP contribution is 2.21. The molecule has 0 bridgehead atoms. The van der Waals surface area contributed by atoms with Gasteiger partial charge in [-0.2, -0.15) is 0 Å². The number of unbranched alkanes of at least 4 members (excludes halogenated alkanes) is 9. The van der Waals surface area contributed by atoms with Crippen LogP contribution in [0.25, 0.3) is 0 Å². The van der Waals surface area contributed by atoms with Crippen LogP contribution in [0, 0.1) is 0 Å². The maximum Gasteiger partial charge on any atom is 0.302 e. The third-order valence-corrected chi connectivity index (χ3v) is 5.39. The van der Waals surface area contributed by atoms with Gasteiger partial charge in [-0.1, -0.05) is 71.1 Å². The van der Waals surface area contributed by atoms with Crippen LogP contribution < -0.4 is 5.32 Å². The third kappa shape index (κ3) is 12.1. The molecule has 1 aliphatic rings. The van der Waals surface area contributed by atoms with Crippen LogP contribution in [0.5, 0.6) is 0 Å². The van der Waals surface area contributed by atoms with Crippen LogP contribution in [-0.2, 0) is 19.1 Å². The normalized spacial score (nSPS) is 22.4. The number of rotatable bonds is 14. The van der Waals surface area contributed by atoms with E-state index in [2.05, 4.69) is 12.2 Å². The van der Waals surface area contributed by atoms with E-state index in [1.807, 2.05) is 0 Å². The summed E-state index contributed by atoms with van der Waals surface area (Å²) >= 11 is 0. The average molecular weight is 384 g/mol. The molecule has 1 fully saturated rings. The number of piperidine rings is 1. The van der Waals surface area contributed by atoms with Crippen molar-refractivity contribution in [2.45, 2.75) is 122 Å². The lowest BCUT2D eigenvalue weighted by atomic mass is 9.92. The van der Waals surface area contributed by atoms with Crippen LogP contribution in [0.2, 0.25) is 0 Å². The summed E-state index contributed by atoms with van der Waals surface area (Å²) in [6.07, 6.45) is 16.2. The number of hydrogen-bond donors (Lipinski definition) is 1. The van der Waals surface area contributed by atoms with Gasteiger partial charge in [0.25, 0.3) is 0 Å². The first kappa shape index (κ1) is 23.9. The molecule has 1 saturated heterocycles. The molecule has 1 heterocycles. The Bertz CT molecular complexity index is 413. The molecule has 0 aromatic heterocycles. The maximum atomic E-state index is 11.3. The predicted molar refractivity (Wildman–Crippen MR) is 109 cm³/mol. The fourth-order valence-corrected chi connectivity index (χ4v) is 3.88. The summed E-state index contributed by atoms with van der Waals surface area (Å²) in [6.45, 7) is 5.36. The van der Waals surface area contributed by atoms with E-state index in [9.17, 15) is 9.59 Å². The van der Waals surface area contributed by atoms with Crippen molar-refractivity contribution in [3.8, 4) is 0 Å². The van der Waals surface area contributed by atoms with Gasteiger partial charge in [0.2, 0.25) is 0 Å². The molecule has 0 radical (unpaired) electrons. The van der Waals surface area contributed by atoms with Gasteiger partial charge in [-0.15, -0.1) is 0 Å². The first-order chi connectivity index (χ1) is 13.0. The molecular weight excluding hydrogens is 342 g/mol. The lowest BCUT2D eigenvalue weighted by Crippen LogP contribution is -2.54. The van der Waals surface area contributed by atoms with Crippen LogP contribution in [0.3, 0.4) is 0 Å². The maximum absolute atomic E-state index is 11.3. The first-order valence-electron chi connectivity index (χ1n) is 11.1. The number of esters is 2. The lowest BCUT2D eigenvalue weighted by molar-refractivity contribution is -0.152. The minimum atomic E-state index is -0.296. The van der Waals surface area contributed by atoms with E-state index in [1.54, 1.807) is 0 Å². The molecule has 1 aliphatic heterocycles. The van der Waals surface area contributed by atoms with Crippen molar-refractivity contribution >= 4 is 11.9 Å². The molecule has 0 aromatic carbocycles. The predicted octanol–water partition coefficient (Wildman–Crippen LogP) is 4.91. The van der Waals surface area contributed by atoms with Crippen molar-refractivity contribution < 1.29 is 19.1 Å². The Hall–Kier alpha value is -1.10. The fourth-order valence-electron chi connectivity index (χ4n) is 3.88. The lowest BCUT2D eigenvalue weighted by Gasteiger charge is -2.36. The summed E-state index contributed by atoms with van der Waals surface area (Å²) in [6, 6.07) is 0.325. The second-order valence-corrected chi connectivity index (χ2v) is 7.97. The molecule has 1 rings (SSSR count). The molecule has 3 atom stereocenters. The molecule has 0 aromatic rings. The molecule has 5 nitrogen and oxygen atoms in total. The number of carbonyl (C=O) groups excluding carboxylic acids is 2. The van der Waals surface area contributed by atoms with E-state index in [0.29, 0.717) is 6.04 Å². The van der Waals surface area contributed by atoms with Gasteiger partial charge in [0.15, 0.2) is 0 Å². The van der Waals surface area contributed by atoms with Gasteiger partial charge in [0.1, 0.15) is 12.7 Å². The van der Waals surface area contributed by atoms with Crippen LogP contribution in [0.15, 0.2) is 0 Å². The summed E-state index contributed by atoms with van der Waals surface area (Å²) in [5, 5.41) is 3.54. The van der Waals surface area contributed by atoms with Crippen molar-refractivity contribution in [2.75, 3.05) is 6.61 Å². The molecule has 0 spiro atoms. The average Bonchev–Trinajstić information content (AvgIpc) is 2.62. The number of hydrogen-bond acceptors (Lipinski definition) is 5. The Labute approximate surface area is 165 Å². The van der Waals surface area contributed by atoms with Crippen molar-refractivity contribution in [3.63, 3.8) is 0 Å². The molecule has 158 valence electrons. The minimum Gasteiger partial charge on any atom is -0.464 e. The zero-order valence-corrected chi connectivity index (χ0v) is 17.8. The molecule has 0 aliphatic carbocycles. The van der Waals surface area contributed by atoms with Gasteiger partial charge in [0.05, 0.1) is 6.04 Å². The van der Waals surface area contributed by atoms with E-state index in [4.69, 9.17) is 9.47 Å². The molecule has 0 unspecified atom stereocenters. The van der Waals surface area contributed by atoms with E-state index in [1.165, 1.54) is 78.1 Å². The second kappa shape index (κ2) is 14.9. The topological polar surface area (TPSA) is 64.6 Å². The van der Waals surface area contributed by atoms with Crippen LogP contribution >= 0.6 is 0 Å². The van der Waals surface area contributed by atoms with Gasteiger partial charge >= 0.3 is 11.9 Å². The second-order valence-electron chi connectivity index (χ2n) is 7.97. The smallest absolute Gasteiger partial charge is 0.302 e. The van der Waals surface area contributed by atoms with E-state index in [0.717, 1.165) is 19.3 Å². The Morgan fingerprint density at radius 3 is 2.00 bits per heavy atom. The van der Waals surface area contributed by atoms with Gasteiger partial charge in [-0.25, -0.2) is 0 Å². The monoisotopic (exact) mass is 383 g/mol. The highest BCUT2D eigenvalue weighted by molar-refractivity contribution is 5.66. The standard InChI is InChI=1S/C22H41NO4/c1-4-5-6-7-8-9-10-11-12-13-14-20-15-16-22(27-19(3)25)21(23-20)17-26-18(2)24/h20-23H,4-17H2,1-3H3/t20-,21+,22-/m0/s1. The summed E-state index contributed by atoms with van der Waals surface area (Å²) in [5.41, 5.74) is 0. The van der Waals surface area contributed by atoms with Crippen LogP contribution in [-0.4, -0.2) is 36.7 Å². The molecule has 27 heavy (non-hydrogen) atoms. The SMILES string of the molecule is CCCCCCCCCCCC[C@H]1CC[C@H](OC(C)=O)[C@@H](COC(C)=O)N1. The number of nitrogens with one attached hydrogen (secondary N) is 1. The van der Waals surface area contributed by atoms with Gasteiger partial charge in [-0.05, 0) is 19.3 Å². The van der Waals surface area contributed by atoms with E-state index < -0.39 is 0 Å². The van der Waals surface area contributed by atoms with E-state index >= 15 is 0 Å². The number of carbonyl (C=O) groups is 2. The van der Waals surface area contributed by atoms with Crippen LogP contribution in [0.4, 0.5) is 0 Å². The fraction of sp³-hybridized carbons (Fsp3) is 0.909. The quantitative estimate of drug-likeness (QED) is 0.341. The van der Waals surface area contributed by atoms with Crippen LogP contribution in [0.1, 0.15) is 104 Å². The molecule has 1 N–H and O–H groups in total. The zero-order valence-electron chi connectivity index (χ0n) is 17.8. The largest absolute Gasteiger partial charge is 0.464 e. The Kier molecular flexibility index (Phi) is 13.2. The zero-order chi connectivity index (χ0) is 19.9. The molecule has 5 heteroatoms. The highest BCUT2D eigenvalue weighted by atomic mass is 16.6. The van der Waals surface area contributed by atoms with Crippen molar-refractivity contribution in [1.82, 2.24) is 5.32 Å². The van der Waals surface area contributed by atoms with Gasteiger partial charge < -0.3 is 14.8 Å².